The zero-order valence-corrected chi connectivity index (χ0v) is 32.3. The topological polar surface area (TPSA) is 114 Å². The fourth-order valence-electron chi connectivity index (χ4n) is 5.77. The summed E-state index contributed by atoms with van der Waals surface area (Å²) in [4.78, 5) is 21.8. The predicted molar refractivity (Wildman–Crippen MR) is 201 cm³/mol. The van der Waals surface area contributed by atoms with Crippen molar-refractivity contribution in [3.05, 3.63) is 12.3 Å². The number of aliphatic hydroxyl groups is 1. The van der Waals surface area contributed by atoms with Crippen molar-refractivity contribution in [1.29, 1.82) is 0 Å². The van der Waals surface area contributed by atoms with Gasteiger partial charge in [0.25, 0.3) is 0 Å². The number of ether oxygens (including phenoxy) is 1. The Morgan fingerprint density at radius 3 is 1.50 bits per heavy atom. The molecule has 8 nitrogen and oxygen atoms in total. The summed E-state index contributed by atoms with van der Waals surface area (Å²) in [6, 6.07) is 0. The maximum absolute atomic E-state index is 12.0. The number of unbranched alkanes of at least 4 members (excludes halogenated alkanes) is 26. The van der Waals surface area contributed by atoms with Gasteiger partial charge in [-0.15, -0.1) is 0 Å². The summed E-state index contributed by atoms with van der Waals surface area (Å²) in [5, 5.41) is 12.7. The summed E-state index contributed by atoms with van der Waals surface area (Å²) in [5.41, 5.74) is 0. The average Bonchev–Trinajstić information content (AvgIpc) is 3.07. The number of allylic oxidation sites excluding steroid dienone is 1. The van der Waals surface area contributed by atoms with Crippen molar-refractivity contribution >= 4 is 13.7 Å². The number of carbonyl (C=O) groups is 1. The van der Waals surface area contributed by atoms with Crippen LogP contribution in [0.25, 0.3) is 0 Å². The third-order valence-corrected chi connectivity index (χ3v) is 9.81. The van der Waals surface area contributed by atoms with Crippen LogP contribution in [-0.2, 0) is 23.1 Å². The van der Waals surface area contributed by atoms with Gasteiger partial charge >= 0.3 is 7.82 Å². The highest BCUT2D eigenvalue weighted by atomic mass is 31.2. The van der Waals surface area contributed by atoms with E-state index in [1.54, 1.807) is 6.26 Å². The van der Waals surface area contributed by atoms with E-state index in [4.69, 9.17) is 13.8 Å². The number of carbonyl (C=O) groups excluding carboxylic acids is 1. The highest BCUT2D eigenvalue weighted by Crippen LogP contribution is 2.42. The van der Waals surface area contributed by atoms with Crippen LogP contribution < -0.4 is 5.32 Å². The monoisotopic (exact) mass is 704 g/mol. The molecule has 3 N–H and O–H groups in total. The molecule has 1 amide bonds. The molecule has 0 spiro atoms. The van der Waals surface area contributed by atoms with Gasteiger partial charge < -0.3 is 20.1 Å². The maximum Gasteiger partial charge on any atom is 0.472 e. The SMILES string of the molecule is CCCCCCCCCCCCCCCC/C=C\OC[C@@H](O)COP(=O)(O)OCCNC(=O)CCCCCCCCCCCCCCC. The lowest BCUT2D eigenvalue weighted by Gasteiger charge is -2.15. The molecule has 0 aliphatic carbocycles. The second-order valence-electron chi connectivity index (χ2n) is 13.7. The van der Waals surface area contributed by atoms with E-state index < -0.39 is 13.9 Å². The lowest BCUT2D eigenvalue weighted by molar-refractivity contribution is -0.121. The minimum Gasteiger partial charge on any atom is -0.499 e. The van der Waals surface area contributed by atoms with Crippen LogP contribution in [0.5, 0.6) is 0 Å². The molecular formula is C39H78NO7P. The molecule has 0 heterocycles. The first kappa shape index (κ1) is 47.1. The van der Waals surface area contributed by atoms with E-state index in [0.717, 1.165) is 32.1 Å². The smallest absolute Gasteiger partial charge is 0.472 e. The minimum absolute atomic E-state index is 0.0372. The van der Waals surface area contributed by atoms with Gasteiger partial charge in [0.05, 0.1) is 19.5 Å². The molecule has 2 atom stereocenters. The quantitative estimate of drug-likeness (QED) is 0.0331. The van der Waals surface area contributed by atoms with Gasteiger partial charge in [0.2, 0.25) is 5.91 Å². The lowest BCUT2D eigenvalue weighted by atomic mass is 10.0. The molecule has 0 bridgehead atoms. The van der Waals surface area contributed by atoms with Crippen LogP contribution in [0, 0.1) is 0 Å². The number of amides is 1. The molecule has 0 aromatic heterocycles. The van der Waals surface area contributed by atoms with E-state index in [-0.39, 0.29) is 32.3 Å². The number of phosphoric acid groups is 1. The van der Waals surface area contributed by atoms with Crippen LogP contribution >= 0.6 is 7.82 Å². The zero-order valence-electron chi connectivity index (χ0n) is 31.4. The standard InChI is InChI=1S/C39H78NO7P/c1-3-5-7-9-11-13-15-17-18-19-21-23-25-27-29-31-34-45-36-38(41)37-47-48(43,44)46-35-33-40-39(42)32-30-28-26-24-22-20-16-14-12-10-8-6-4-2/h31,34,38,41H,3-30,32-33,35-37H2,1-2H3,(H,40,42)(H,43,44)/b34-31-/t38-/m1/s1. The number of aliphatic hydroxyl groups excluding tert-OH is 1. The summed E-state index contributed by atoms with van der Waals surface area (Å²) >= 11 is 0. The Morgan fingerprint density at radius 1 is 0.625 bits per heavy atom. The minimum atomic E-state index is -4.32. The van der Waals surface area contributed by atoms with Crippen LogP contribution in [0.3, 0.4) is 0 Å². The van der Waals surface area contributed by atoms with Crippen LogP contribution in [0.2, 0.25) is 0 Å². The normalized spacial score (nSPS) is 13.6. The first-order valence-electron chi connectivity index (χ1n) is 20.2. The van der Waals surface area contributed by atoms with Gasteiger partial charge in [-0.3, -0.25) is 13.8 Å². The van der Waals surface area contributed by atoms with Crippen molar-refractivity contribution in [2.75, 3.05) is 26.4 Å². The molecular weight excluding hydrogens is 625 g/mol. The first-order valence-corrected chi connectivity index (χ1v) is 21.7. The molecule has 0 radical (unpaired) electrons. The summed E-state index contributed by atoms with van der Waals surface area (Å²) < 4.78 is 27.1. The molecule has 0 aromatic rings. The van der Waals surface area contributed by atoms with Gasteiger partial charge in [0, 0.05) is 13.0 Å². The Morgan fingerprint density at radius 2 is 1.04 bits per heavy atom. The van der Waals surface area contributed by atoms with Gasteiger partial charge in [0.1, 0.15) is 12.7 Å². The first-order chi connectivity index (χ1) is 23.4. The van der Waals surface area contributed by atoms with Crippen LogP contribution in [0.4, 0.5) is 0 Å². The summed E-state index contributed by atoms with van der Waals surface area (Å²) in [5.74, 6) is -0.0830. The highest BCUT2D eigenvalue weighted by molar-refractivity contribution is 7.47. The van der Waals surface area contributed by atoms with Crippen molar-refractivity contribution in [1.82, 2.24) is 5.32 Å². The van der Waals surface area contributed by atoms with Crippen LogP contribution in [-0.4, -0.2) is 48.4 Å². The van der Waals surface area contributed by atoms with Gasteiger partial charge in [-0.2, -0.15) is 0 Å². The van der Waals surface area contributed by atoms with E-state index in [2.05, 4.69) is 19.2 Å². The number of hydrogen-bond donors (Lipinski definition) is 3. The fraction of sp³-hybridized carbons (Fsp3) is 0.923. The van der Waals surface area contributed by atoms with E-state index >= 15 is 0 Å². The summed E-state index contributed by atoms with van der Waals surface area (Å²) in [6.45, 7) is 4.08. The molecule has 0 aromatic carbocycles. The number of phosphoric ester groups is 1. The number of hydrogen-bond acceptors (Lipinski definition) is 6. The van der Waals surface area contributed by atoms with Crippen molar-refractivity contribution in [3.63, 3.8) is 0 Å². The van der Waals surface area contributed by atoms with Gasteiger partial charge in [-0.25, -0.2) is 4.57 Å². The Balaban J connectivity index is 3.52. The largest absolute Gasteiger partial charge is 0.499 e. The molecule has 286 valence electrons. The molecule has 0 aliphatic heterocycles. The molecule has 9 heteroatoms. The molecule has 0 rings (SSSR count). The average molecular weight is 704 g/mol. The van der Waals surface area contributed by atoms with Gasteiger partial charge in [-0.1, -0.05) is 174 Å². The second-order valence-corrected chi connectivity index (χ2v) is 15.1. The van der Waals surface area contributed by atoms with Crippen LogP contribution in [0.1, 0.15) is 200 Å². The zero-order chi connectivity index (χ0) is 35.2. The van der Waals surface area contributed by atoms with Gasteiger partial charge in [-0.05, 0) is 25.3 Å². The van der Waals surface area contributed by atoms with Crippen LogP contribution in [0.15, 0.2) is 12.3 Å². The van der Waals surface area contributed by atoms with Crippen molar-refractivity contribution < 1.29 is 33.1 Å². The third-order valence-electron chi connectivity index (χ3n) is 8.82. The van der Waals surface area contributed by atoms with E-state index in [1.807, 2.05) is 6.08 Å². The molecule has 0 saturated carbocycles. The molecule has 0 aliphatic rings. The predicted octanol–water partition coefficient (Wildman–Crippen LogP) is 11.5. The third kappa shape index (κ3) is 37.9. The Hall–Kier alpha value is -0.920. The van der Waals surface area contributed by atoms with E-state index in [0.29, 0.717) is 6.42 Å². The van der Waals surface area contributed by atoms with E-state index in [1.165, 1.54) is 148 Å². The Labute approximate surface area is 296 Å². The lowest BCUT2D eigenvalue weighted by Crippen LogP contribution is -2.27. The Kier molecular flexibility index (Phi) is 36.6. The maximum atomic E-state index is 12.0. The number of rotatable bonds is 39. The molecule has 0 saturated heterocycles. The van der Waals surface area contributed by atoms with Crippen molar-refractivity contribution in [2.45, 2.75) is 206 Å². The van der Waals surface area contributed by atoms with E-state index in [9.17, 15) is 19.4 Å². The van der Waals surface area contributed by atoms with Crippen molar-refractivity contribution in [3.8, 4) is 0 Å². The Bertz CT molecular complexity index is 752. The summed E-state index contributed by atoms with van der Waals surface area (Å²) in [7, 11) is -4.32. The molecule has 1 unspecified atom stereocenters. The number of nitrogens with one attached hydrogen (secondary N) is 1. The summed E-state index contributed by atoms with van der Waals surface area (Å²) in [6.07, 6.45) is 39.0. The fourth-order valence-corrected chi connectivity index (χ4v) is 6.53. The van der Waals surface area contributed by atoms with Gasteiger partial charge in [0.15, 0.2) is 0 Å². The molecule has 48 heavy (non-hydrogen) atoms. The second kappa shape index (κ2) is 37.3. The highest BCUT2D eigenvalue weighted by Gasteiger charge is 2.22. The molecule has 0 fully saturated rings. The van der Waals surface area contributed by atoms with Crippen molar-refractivity contribution in [2.24, 2.45) is 0 Å².